The molecule has 0 spiro atoms. The van der Waals surface area contributed by atoms with Gasteiger partial charge in [0.2, 0.25) is 0 Å². The van der Waals surface area contributed by atoms with Gasteiger partial charge in [0.1, 0.15) is 6.29 Å². The number of hydrogen-bond donors (Lipinski definition) is 0. The number of aldehydes is 1. The predicted octanol–water partition coefficient (Wildman–Crippen LogP) is 0.0515. The quantitative estimate of drug-likeness (QED) is 0.305. The van der Waals surface area contributed by atoms with E-state index < -0.39 is 0 Å². The van der Waals surface area contributed by atoms with Crippen LogP contribution >= 0.6 is 0 Å². The molecular weight excluding hydrogens is 52.0 g/mol. The maximum absolute atomic E-state index is 8.93. The van der Waals surface area contributed by atoms with Crippen molar-refractivity contribution in [2.45, 2.75) is 0 Å². The van der Waals surface area contributed by atoms with Crippen molar-refractivity contribution >= 4 is 6.29 Å². The maximum Gasteiger partial charge on any atom is 0.143 e. The first kappa shape index (κ1) is 3.41. The lowest BCUT2D eigenvalue weighted by atomic mass is 10.8. The van der Waals surface area contributed by atoms with Crippen LogP contribution in [0, 0.1) is 6.58 Å². The van der Waals surface area contributed by atoms with E-state index in [1.54, 1.807) is 0 Å². The van der Waals surface area contributed by atoms with Crippen molar-refractivity contribution in [1.29, 1.82) is 0 Å². The van der Waals surface area contributed by atoms with Crippen LogP contribution in [0.4, 0.5) is 0 Å². The summed E-state index contributed by atoms with van der Waals surface area (Å²) in [4.78, 5) is 8.93. The fourth-order valence-electron chi connectivity index (χ4n) is 0. The zero-order valence-electron chi connectivity index (χ0n) is 2.06. The molecule has 0 N–H and O–H groups in total. The maximum atomic E-state index is 8.93. The Bertz CT molecular complexity index is 24.3. The highest BCUT2D eigenvalue weighted by molar-refractivity contribution is 5.62. The molecule has 0 atom stereocenters. The fourth-order valence-corrected chi connectivity index (χ4v) is 0. The van der Waals surface area contributed by atoms with Crippen LogP contribution in [-0.4, -0.2) is 6.29 Å². The van der Waals surface area contributed by atoms with E-state index >= 15 is 0 Å². The van der Waals surface area contributed by atoms with Gasteiger partial charge in [-0.2, -0.15) is 0 Å². The summed E-state index contributed by atoms with van der Waals surface area (Å²) < 4.78 is 0. The van der Waals surface area contributed by atoms with Crippen LogP contribution in [0.5, 0.6) is 0 Å². The van der Waals surface area contributed by atoms with E-state index in [9.17, 15) is 0 Å². The van der Waals surface area contributed by atoms with Crippen molar-refractivity contribution < 1.29 is 4.79 Å². The average molecular weight is 54.0 g/mol. The first-order valence-electron chi connectivity index (χ1n) is 0.858. The van der Waals surface area contributed by atoms with Crippen LogP contribution in [0.3, 0.4) is 0 Å². The molecule has 0 rings (SSSR count). The first-order chi connectivity index (χ1) is 1.91. The SMILES string of the molecule is [C]=CC=O. The molecule has 0 amide bonds. The molecule has 0 fully saturated rings. The van der Waals surface area contributed by atoms with Crippen LogP contribution in [0.15, 0.2) is 6.08 Å². The molecule has 0 aliphatic heterocycles. The van der Waals surface area contributed by atoms with E-state index in [1.807, 2.05) is 0 Å². The summed E-state index contributed by atoms with van der Waals surface area (Å²) in [6, 6.07) is 0. The van der Waals surface area contributed by atoms with Crippen molar-refractivity contribution in [2.75, 3.05) is 0 Å². The molecule has 0 heterocycles. The van der Waals surface area contributed by atoms with Gasteiger partial charge in [0, 0.05) is 0 Å². The molecule has 0 aliphatic carbocycles. The van der Waals surface area contributed by atoms with E-state index in [2.05, 4.69) is 0 Å². The highest BCUT2D eigenvalue weighted by atomic mass is 16.1. The highest BCUT2D eigenvalue weighted by Crippen LogP contribution is 1.34. The molecule has 1 heteroatoms. The van der Waals surface area contributed by atoms with Crippen LogP contribution in [0.25, 0.3) is 0 Å². The first-order valence-corrected chi connectivity index (χ1v) is 0.858. The minimum atomic E-state index is 0.417. The topological polar surface area (TPSA) is 17.1 Å². The van der Waals surface area contributed by atoms with Gasteiger partial charge in [-0.25, -0.2) is 0 Å². The van der Waals surface area contributed by atoms with Gasteiger partial charge in [0.15, 0.2) is 0 Å². The van der Waals surface area contributed by atoms with E-state index in [0.717, 1.165) is 0 Å². The molecule has 4 heavy (non-hydrogen) atoms. The summed E-state index contributed by atoms with van der Waals surface area (Å²) in [5.74, 6) is 0. The van der Waals surface area contributed by atoms with Crippen LogP contribution in [0.2, 0.25) is 0 Å². The van der Waals surface area contributed by atoms with Gasteiger partial charge in [-0.15, -0.1) is 0 Å². The number of carbonyl (C=O) groups excluding carboxylic acids is 1. The van der Waals surface area contributed by atoms with Crippen LogP contribution in [0.1, 0.15) is 0 Å². The Morgan fingerprint density at radius 2 is 2.00 bits per heavy atom. The number of hydrogen-bond acceptors (Lipinski definition) is 1. The van der Waals surface area contributed by atoms with Crippen LogP contribution < -0.4 is 0 Å². The Morgan fingerprint density at radius 1 is 1.75 bits per heavy atom. The second-order valence-corrected chi connectivity index (χ2v) is 0.303. The van der Waals surface area contributed by atoms with Gasteiger partial charge in [0.25, 0.3) is 0 Å². The lowest BCUT2D eigenvalue weighted by molar-refractivity contribution is -0.104. The third-order valence-electron chi connectivity index (χ3n) is 0.0680. The van der Waals surface area contributed by atoms with Crippen molar-refractivity contribution in [1.82, 2.24) is 0 Å². The zero-order chi connectivity index (χ0) is 3.41. The number of carbonyl (C=O) groups is 1. The van der Waals surface area contributed by atoms with Crippen LogP contribution in [-0.2, 0) is 4.79 Å². The Labute approximate surface area is 24.9 Å². The van der Waals surface area contributed by atoms with Gasteiger partial charge < -0.3 is 0 Å². The fraction of sp³-hybridized carbons (Fsp3) is 0. The van der Waals surface area contributed by atoms with Crippen molar-refractivity contribution in [3.05, 3.63) is 12.7 Å². The monoisotopic (exact) mass is 54.0 g/mol. The van der Waals surface area contributed by atoms with E-state index in [1.165, 1.54) is 0 Å². The molecule has 0 unspecified atom stereocenters. The van der Waals surface area contributed by atoms with Crippen molar-refractivity contribution in [3.8, 4) is 0 Å². The third kappa shape index (κ3) is 1.41. The second-order valence-electron chi connectivity index (χ2n) is 0.303. The summed E-state index contributed by atoms with van der Waals surface area (Å²) in [7, 11) is 0. The average Bonchev–Trinajstić information content (AvgIpc) is 1.37. The summed E-state index contributed by atoms with van der Waals surface area (Å²) in [5.41, 5.74) is 0. The Kier molecular flexibility index (Phi) is 2.05. The minimum absolute atomic E-state index is 0.417. The number of rotatable bonds is 1. The van der Waals surface area contributed by atoms with Gasteiger partial charge in [0.05, 0.1) is 0 Å². The normalized spacial score (nSPS) is 5.00. The molecule has 0 aromatic rings. The second kappa shape index (κ2) is 2.41. The summed E-state index contributed by atoms with van der Waals surface area (Å²) in [5, 5.41) is 0. The molecule has 2 radical (unpaired) electrons. The van der Waals surface area contributed by atoms with Gasteiger partial charge in [-0.05, 0) is 12.7 Å². The molecule has 20 valence electrons. The molecule has 0 saturated heterocycles. The van der Waals surface area contributed by atoms with E-state index in [0.29, 0.717) is 12.4 Å². The molecule has 0 bridgehead atoms. The van der Waals surface area contributed by atoms with Gasteiger partial charge >= 0.3 is 0 Å². The van der Waals surface area contributed by atoms with Crippen molar-refractivity contribution in [3.63, 3.8) is 0 Å². The Morgan fingerprint density at radius 3 is 2.00 bits per heavy atom. The third-order valence-corrected chi connectivity index (χ3v) is 0.0680. The van der Waals surface area contributed by atoms with Crippen molar-refractivity contribution in [2.24, 2.45) is 0 Å². The lowest BCUT2D eigenvalue weighted by Crippen LogP contribution is -1.45. The standard InChI is InChI=1S/C3H2O/c1-2-3-4/h2-3H. The molecule has 0 aliphatic rings. The smallest absolute Gasteiger partial charge is 0.143 e. The zero-order valence-corrected chi connectivity index (χ0v) is 2.06. The predicted molar refractivity (Wildman–Crippen MR) is 13.9 cm³/mol. The molecule has 1 nitrogen and oxygen atoms in total. The van der Waals surface area contributed by atoms with E-state index in [-0.39, 0.29) is 0 Å². The molecular formula is C3H2O. The summed E-state index contributed by atoms with van der Waals surface area (Å²) >= 11 is 0. The highest BCUT2D eigenvalue weighted by Gasteiger charge is 1.39. The lowest BCUT2D eigenvalue weighted by Gasteiger charge is -1.36. The minimum Gasteiger partial charge on any atom is -0.299 e. The van der Waals surface area contributed by atoms with E-state index in [4.69, 9.17) is 11.4 Å². The summed E-state index contributed by atoms with van der Waals surface area (Å²) in [6.45, 7) is 5.96. The summed E-state index contributed by atoms with van der Waals surface area (Å²) in [6.07, 6.45) is 1.11. The Hall–Kier alpha value is -0.590. The Balaban J connectivity index is 2.73. The largest absolute Gasteiger partial charge is 0.299 e. The van der Waals surface area contributed by atoms with Gasteiger partial charge in [-0.3, -0.25) is 4.79 Å². The molecule has 0 aromatic carbocycles. The van der Waals surface area contributed by atoms with Gasteiger partial charge in [-0.1, -0.05) is 0 Å². The molecule has 0 saturated carbocycles. The molecule has 0 aromatic heterocycles. The number of allylic oxidation sites excluding steroid dienone is 1.